The van der Waals surface area contributed by atoms with E-state index in [1.807, 2.05) is 18.2 Å². The van der Waals surface area contributed by atoms with E-state index >= 15 is 0 Å². The lowest BCUT2D eigenvalue weighted by Gasteiger charge is -2.21. The van der Waals surface area contributed by atoms with Crippen LogP contribution in [0, 0.1) is 24.3 Å². The number of benzene rings is 2. The maximum Gasteiger partial charge on any atom is 0.0491 e. The zero-order valence-corrected chi connectivity index (χ0v) is 15.1. The van der Waals surface area contributed by atoms with E-state index in [1.165, 1.54) is 22.3 Å². The summed E-state index contributed by atoms with van der Waals surface area (Å²) in [6.45, 7) is 8.71. The molecule has 2 rings (SSSR count). The molecule has 0 spiro atoms. The lowest BCUT2D eigenvalue weighted by molar-refractivity contribution is 0.861. The van der Waals surface area contributed by atoms with Gasteiger partial charge in [0.05, 0.1) is 0 Å². The number of hydrogen-bond donors (Lipinski definition) is 1. The van der Waals surface area contributed by atoms with Crippen LogP contribution in [0.1, 0.15) is 35.2 Å². The van der Waals surface area contributed by atoms with Crippen LogP contribution in [-0.4, -0.2) is 0 Å². The van der Waals surface area contributed by atoms with Gasteiger partial charge < -0.3 is 5.32 Å². The van der Waals surface area contributed by atoms with Gasteiger partial charge in [-0.05, 0) is 85.2 Å². The Labute approximate surface area is 139 Å². The molecule has 0 bridgehead atoms. The average molecular weight is 400 g/mol. The molecule has 0 heterocycles. The Bertz CT molecular complexity index is 614. The van der Waals surface area contributed by atoms with Crippen molar-refractivity contribution in [3.8, 4) is 0 Å². The van der Waals surface area contributed by atoms with Crippen molar-refractivity contribution in [2.45, 2.75) is 33.7 Å². The summed E-state index contributed by atoms with van der Waals surface area (Å²) in [7, 11) is 0. The van der Waals surface area contributed by atoms with Gasteiger partial charge in [0.15, 0.2) is 0 Å². The van der Waals surface area contributed by atoms with E-state index in [0.717, 1.165) is 14.3 Å². The molecule has 1 N–H and O–H groups in total. The SMILES string of the molecule is Cc1cc(C)c(C(C)Nc2ccc(Cl)cc2I)c(C)c1. The van der Waals surface area contributed by atoms with Gasteiger partial charge in [0.1, 0.15) is 0 Å². The Morgan fingerprint density at radius 1 is 1.05 bits per heavy atom. The summed E-state index contributed by atoms with van der Waals surface area (Å²) in [5, 5.41) is 4.36. The highest BCUT2D eigenvalue weighted by molar-refractivity contribution is 14.1. The number of anilines is 1. The first-order valence-electron chi connectivity index (χ1n) is 6.68. The van der Waals surface area contributed by atoms with Gasteiger partial charge in [-0.2, -0.15) is 0 Å². The molecular formula is C17H19ClIN. The zero-order chi connectivity index (χ0) is 14.9. The van der Waals surface area contributed by atoms with Gasteiger partial charge in [-0.15, -0.1) is 0 Å². The van der Waals surface area contributed by atoms with Crippen molar-refractivity contribution in [2.75, 3.05) is 5.32 Å². The topological polar surface area (TPSA) is 12.0 Å². The Balaban J connectivity index is 2.31. The predicted octanol–water partition coefficient (Wildman–Crippen LogP) is 6.04. The van der Waals surface area contributed by atoms with Crippen LogP contribution in [-0.2, 0) is 0 Å². The summed E-state index contributed by atoms with van der Waals surface area (Å²) in [5.41, 5.74) is 6.50. The molecule has 0 fully saturated rings. The number of rotatable bonds is 3. The minimum atomic E-state index is 0.269. The first kappa shape index (κ1) is 15.6. The van der Waals surface area contributed by atoms with Crippen LogP contribution >= 0.6 is 34.2 Å². The molecule has 1 nitrogen and oxygen atoms in total. The third-order valence-corrected chi connectivity index (χ3v) is 4.60. The van der Waals surface area contributed by atoms with Crippen LogP contribution < -0.4 is 5.32 Å². The number of nitrogens with one attached hydrogen (secondary N) is 1. The molecule has 0 saturated heterocycles. The molecule has 0 aliphatic rings. The lowest BCUT2D eigenvalue weighted by Crippen LogP contribution is -2.11. The summed E-state index contributed by atoms with van der Waals surface area (Å²) >= 11 is 8.32. The molecule has 0 radical (unpaired) electrons. The highest BCUT2D eigenvalue weighted by atomic mass is 127. The van der Waals surface area contributed by atoms with Crippen molar-refractivity contribution in [3.05, 3.63) is 61.2 Å². The molecule has 2 aromatic rings. The van der Waals surface area contributed by atoms with Crippen molar-refractivity contribution in [1.82, 2.24) is 0 Å². The molecule has 0 saturated carbocycles. The van der Waals surface area contributed by atoms with Crippen LogP contribution in [0.5, 0.6) is 0 Å². The van der Waals surface area contributed by atoms with Gasteiger partial charge in [-0.1, -0.05) is 29.3 Å². The van der Waals surface area contributed by atoms with Crippen molar-refractivity contribution >= 4 is 39.9 Å². The van der Waals surface area contributed by atoms with Gasteiger partial charge in [-0.25, -0.2) is 0 Å². The summed E-state index contributed by atoms with van der Waals surface area (Å²) in [6.07, 6.45) is 0. The van der Waals surface area contributed by atoms with E-state index in [1.54, 1.807) is 0 Å². The molecule has 0 aliphatic heterocycles. The summed E-state index contributed by atoms with van der Waals surface area (Å²) in [6, 6.07) is 10.7. The normalized spacial score (nSPS) is 12.3. The molecule has 2 aromatic carbocycles. The van der Waals surface area contributed by atoms with Gasteiger partial charge >= 0.3 is 0 Å². The van der Waals surface area contributed by atoms with E-state index in [0.29, 0.717) is 0 Å². The third kappa shape index (κ3) is 3.47. The number of aryl methyl sites for hydroxylation is 3. The highest BCUT2D eigenvalue weighted by Crippen LogP contribution is 2.29. The van der Waals surface area contributed by atoms with Crippen molar-refractivity contribution in [1.29, 1.82) is 0 Å². The molecule has 3 heteroatoms. The highest BCUT2D eigenvalue weighted by Gasteiger charge is 2.13. The largest absolute Gasteiger partial charge is 0.378 e. The second kappa shape index (κ2) is 6.35. The van der Waals surface area contributed by atoms with Crippen molar-refractivity contribution in [3.63, 3.8) is 0 Å². The van der Waals surface area contributed by atoms with E-state index in [4.69, 9.17) is 11.6 Å². The van der Waals surface area contributed by atoms with E-state index in [9.17, 15) is 0 Å². The standard InChI is InChI=1S/C17H19ClIN/c1-10-7-11(2)17(12(3)8-10)13(4)20-16-6-5-14(18)9-15(16)19/h5-9,13,20H,1-4H3. The summed E-state index contributed by atoms with van der Waals surface area (Å²) in [4.78, 5) is 0. The molecule has 106 valence electrons. The Morgan fingerprint density at radius 2 is 1.65 bits per heavy atom. The van der Waals surface area contributed by atoms with E-state index < -0.39 is 0 Å². The van der Waals surface area contributed by atoms with Gasteiger partial charge in [0.2, 0.25) is 0 Å². The summed E-state index contributed by atoms with van der Waals surface area (Å²) < 4.78 is 1.14. The Hall–Kier alpha value is -0.740. The Kier molecular flexibility index (Phi) is 4.97. The minimum Gasteiger partial charge on any atom is -0.378 e. The van der Waals surface area contributed by atoms with Gasteiger partial charge in [-0.3, -0.25) is 0 Å². The monoisotopic (exact) mass is 399 g/mol. The fourth-order valence-corrected chi connectivity index (χ4v) is 3.81. The minimum absolute atomic E-state index is 0.269. The zero-order valence-electron chi connectivity index (χ0n) is 12.2. The molecule has 20 heavy (non-hydrogen) atoms. The number of hydrogen-bond acceptors (Lipinski definition) is 1. The van der Waals surface area contributed by atoms with Crippen LogP contribution in [0.2, 0.25) is 5.02 Å². The predicted molar refractivity (Wildman–Crippen MR) is 96.9 cm³/mol. The van der Waals surface area contributed by atoms with Gasteiger partial charge in [0.25, 0.3) is 0 Å². The summed E-state index contributed by atoms with van der Waals surface area (Å²) in [5.74, 6) is 0. The molecular weight excluding hydrogens is 381 g/mol. The maximum absolute atomic E-state index is 6.01. The van der Waals surface area contributed by atoms with Crippen LogP contribution in [0.15, 0.2) is 30.3 Å². The molecule has 0 aliphatic carbocycles. The lowest BCUT2D eigenvalue weighted by atomic mass is 9.95. The average Bonchev–Trinajstić information content (AvgIpc) is 2.31. The second-order valence-electron chi connectivity index (χ2n) is 5.30. The van der Waals surface area contributed by atoms with Crippen LogP contribution in [0.4, 0.5) is 5.69 Å². The second-order valence-corrected chi connectivity index (χ2v) is 6.90. The van der Waals surface area contributed by atoms with Crippen LogP contribution in [0.25, 0.3) is 0 Å². The molecule has 1 atom stereocenters. The molecule has 1 unspecified atom stereocenters. The quantitative estimate of drug-likeness (QED) is 0.620. The first-order chi connectivity index (χ1) is 9.38. The van der Waals surface area contributed by atoms with Crippen molar-refractivity contribution in [2.24, 2.45) is 0 Å². The maximum atomic E-state index is 6.01. The van der Waals surface area contributed by atoms with Gasteiger partial charge in [0, 0.05) is 20.3 Å². The fraction of sp³-hybridized carbons (Fsp3) is 0.294. The first-order valence-corrected chi connectivity index (χ1v) is 8.13. The fourth-order valence-electron chi connectivity index (χ4n) is 2.79. The van der Waals surface area contributed by atoms with Crippen molar-refractivity contribution < 1.29 is 0 Å². The molecule has 0 amide bonds. The van der Waals surface area contributed by atoms with E-state index in [2.05, 4.69) is 67.7 Å². The smallest absolute Gasteiger partial charge is 0.0491 e. The van der Waals surface area contributed by atoms with E-state index in [-0.39, 0.29) is 6.04 Å². The Morgan fingerprint density at radius 3 is 2.20 bits per heavy atom. The molecule has 0 aromatic heterocycles. The third-order valence-electron chi connectivity index (χ3n) is 3.47. The van der Waals surface area contributed by atoms with Crippen LogP contribution in [0.3, 0.4) is 0 Å². The number of halogens is 2.